The number of nitrogens with two attached hydrogens (primary N) is 1. The molecule has 3 aromatic rings. The fourth-order valence-electron chi connectivity index (χ4n) is 1.81. The summed E-state index contributed by atoms with van der Waals surface area (Å²) in [6.45, 7) is 0. The molecule has 2 N–H and O–H groups in total. The minimum atomic E-state index is 0.132. The van der Waals surface area contributed by atoms with E-state index in [1.807, 2.05) is 42.5 Å². The molecule has 0 fully saturated rings. The molecule has 0 atom stereocenters. The predicted molar refractivity (Wildman–Crippen MR) is 68.9 cm³/mol. The summed E-state index contributed by atoms with van der Waals surface area (Å²) in [7, 11) is 0. The van der Waals surface area contributed by atoms with Gasteiger partial charge in [0, 0.05) is 0 Å². The molecule has 0 saturated heterocycles. The summed E-state index contributed by atoms with van der Waals surface area (Å²) in [6.07, 6.45) is 0. The Morgan fingerprint density at radius 3 is 2.59 bits per heavy atom. The molecular formula is C13H9ClN2O. The third-order valence-corrected chi connectivity index (χ3v) is 2.85. The number of halogens is 1. The van der Waals surface area contributed by atoms with Gasteiger partial charge in [0.25, 0.3) is 6.01 Å². The first-order valence-corrected chi connectivity index (χ1v) is 5.53. The van der Waals surface area contributed by atoms with E-state index in [4.69, 9.17) is 21.8 Å². The fraction of sp³-hybridized carbons (Fsp3) is 0. The number of nitrogens with zero attached hydrogens (tertiary/aromatic N) is 1. The van der Waals surface area contributed by atoms with Crippen LogP contribution in [0.15, 0.2) is 46.9 Å². The average molecular weight is 245 g/mol. The van der Waals surface area contributed by atoms with Crippen LogP contribution < -0.4 is 5.73 Å². The topological polar surface area (TPSA) is 52.0 Å². The van der Waals surface area contributed by atoms with Crippen molar-refractivity contribution < 1.29 is 4.42 Å². The number of benzene rings is 2. The van der Waals surface area contributed by atoms with Crippen molar-refractivity contribution in [2.45, 2.75) is 0 Å². The van der Waals surface area contributed by atoms with E-state index in [0.29, 0.717) is 16.1 Å². The van der Waals surface area contributed by atoms with Crippen LogP contribution in [0.5, 0.6) is 0 Å². The van der Waals surface area contributed by atoms with E-state index in [1.54, 1.807) is 0 Å². The minimum Gasteiger partial charge on any atom is -0.422 e. The second-order valence-electron chi connectivity index (χ2n) is 3.72. The highest BCUT2D eigenvalue weighted by molar-refractivity contribution is 6.35. The second kappa shape index (κ2) is 3.79. The van der Waals surface area contributed by atoms with Gasteiger partial charge in [0.2, 0.25) is 0 Å². The molecule has 0 aliphatic carbocycles. The Morgan fingerprint density at radius 1 is 1.06 bits per heavy atom. The molecule has 0 aliphatic rings. The first kappa shape index (κ1) is 10.2. The molecule has 4 heteroatoms. The molecule has 0 bridgehead atoms. The van der Waals surface area contributed by atoms with Gasteiger partial charge in [-0.3, -0.25) is 0 Å². The zero-order valence-corrected chi connectivity index (χ0v) is 9.61. The summed E-state index contributed by atoms with van der Waals surface area (Å²) < 4.78 is 5.22. The molecule has 0 aliphatic heterocycles. The van der Waals surface area contributed by atoms with Gasteiger partial charge in [-0.05, 0) is 23.3 Å². The molecule has 3 rings (SSSR count). The zero-order valence-electron chi connectivity index (χ0n) is 8.85. The number of aromatic nitrogens is 1. The van der Waals surface area contributed by atoms with E-state index < -0.39 is 0 Å². The largest absolute Gasteiger partial charge is 0.422 e. The number of hydrogen-bond donors (Lipinski definition) is 1. The molecule has 0 unspecified atom stereocenters. The van der Waals surface area contributed by atoms with Gasteiger partial charge in [0.05, 0.1) is 5.02 Å². The highest BCUT2D eigenvalue weighted by atomic mass is 35.5. The first-order valence-electron chi connectivity index (χ1n) is 5.15. The van der Waals surface area contributed by atoms with Crippen molar-refractivity contribution in [3.63, 3.8) is 0 Å². The van der Waals surface area contributed by atoms with Crippen molar-refractivity contribution in [1.82, 2.24) is 4.98 Å². The zero-order chi connectivity index (χ0) is 11.8. The van der Waals surface area contributed by atoms with Gasteiger partial charge in [-0.1, -0.05) is 41.9 Å². The van der Waals surface area contributed by atoms with Gasteiger partial charge in [-0.2, -0.15) is 4.98 Å². The maximum absolute atomic E-state index is 6.14. The van der Waals surface area contributed by atoms with E-state index in [9.17, 15) is 0 Å². The van der Waals surface area contributed by atoms with Gasteiger partial charge < -0.3 is 10.2 Å². The van der Waals surface area contributed by atoms with Gasteiger partial charge in [-0.25, -0.2) is 0 Å². The number of anilines is 1. The maximum atomic E-state index is 6.14. The Labute approximate surface area is 103 Å². The van der Waals surface area contributed by atoms with Crippen molar-refractivity contribution in [1.29, 1.82) is 0 Å². The molecule has 0 radical (unpaired) electrons. The molecule has 0 saturated carbocycles. The van der Waals surface area contributed by atoms with E-state index >= 15 is 0 Å². The Kier molecular flexibility index (Phi) is 2.27. The lowest BCUT2D eigenvalue weighted by Gasteiger charge is -2.01. The minimum absolute atomic E-state index is 0.132. The summed E-state index contributed by atoms with van der Waals surface area (Å²) >= 11 is 6.14. The van der Waals surface area contributed by atoms with Crippen molar-refractivity contribution >= 4 is 28.7 Å². The van der Waals surface area contributed by atoms with E-state index in [0.717, 1.165) is 11.1 Å². The Morgan fingerprint density at radius 2 is 1.82 bits per heavy atom. The molecular weight excluding hydrogens is 236 g/mol. The highest BCUT2D eigenvalue weighted by Gasteiger charge is 2.09. The molecule has 1 heterocycles. The fourth-order valence-corrected chi connectivity index (χ4v) is 2.06. The van der Waals surface area contributed by atoms with E-state index in [1.165, 1.54) is 0 Å². The Bertz CT molecular complexity index is 676. The summed E-state index contributed by atoms with van der Waals surface area (Å²) in [6, 6.07) is 13.8. The van der Waals surface area contributed by atoms with Crippen molar-refractivity contribution in [3.8, 4) is 11.1 Å². The van der Waals surface area contributed by atoms with Crippen LogP contribution in [0.25, 0.3) is 22.2 Å². The molecule has 1 aromatic heterocycles. The number of oxazole rings is 1. The molecule has 2 aromatic carbocycles. The summed E-state index contributed by atoms with van der Waals surface area (Å²) in [5, 5.41) is 0.519. The average Bonchev–Trinajstić information content (AvgIpc) is 2.71. The maximum Gasteiger partial charge on any atom is 0.293 e. The van der Waals surface area contributed by atoms with Gasteiger partial charge in [0.15, 0.2) is 5.58 Å². The number of fused-ring (bicyclic) bond motifs is 1. The summed E-state index contributed by atoms with van der Waals surface area (Å²) in [5.74, 6) is 0. The van der Waals surface area contributed by atoms with Crippen LogP contribution in [0.2, 0.25) is 5.02 Å². The van der Waals surface area contributed by atoms with Crippen LogP contribution in [0, 0.1) is 0 Å². The predicted octanol–water partition coefficient (Wildman–Crippen LogP) is 3.73. The Balaban J connectivity index is 2.25. The normalized spacial score (nSPS) is 10.9. The van der Waals surface area contributed by atoms with Crippen LogP contribution in [-0.2, 0) is 0 Å². The molecule has 0 spiro atoms. The molecule has 17 heavy (non-hydrogen) atoms. The summed E-state index contributed by atoms with van der Waals surface area (Å²) in [5.41, 5.74) is 8.80. The quantitative estimate of drug-likeness (QED) is 0.710. The van der Waals surface area contributed by atoms with Gasteiger partial charge in [-0.15, -0.1) is 0 Å². The lowest BCUT2D eigenvalue weighted by molar-refractivity contribution is 0.626. The smallest absolute Gasteiger partial charge is 0.293 e. The summed E-state index contributed by atoms with van der Waals surface area (Å²) in [4.78, 5) is 4.09. The number of nitrogen functional groups attached to an aromatic ring is 1. The number of rotatable bonds is 1. The van der Waals surface area contributed by atoms with E-state index in [-0.39, 0.29) is 6.01 Å². The third kappa shape index (κ3) is 1.74. The van der Waals surface area contributed by atoms with Crippen LogP contribution in [0.1, 0.15) is 0 Å². The van der Waals surface area contributed by atoms with E-state index in [2.05, 4.69) is 4.98 Å². The van der Waals surface area contributed by atoms with Gasteiger partial charge in [0.1, 0.15) is 5.52 Å². The highest BCUT2D eigenvalue weighted by Crippen LogP contribution is 2.31. The Hall–Kier alpha value is -2.00. The molecule has 0 amide bonds. The van der Waals surface area contributed by atoms with Gasteiger partial charge >= 0.3 is 0 Å². The number of hydrogen-bond acceptors (Lipinski definition) is 3. The van der Waals surface area contributed by atoms with Crippen molar-refractivity contribution in [2.24, 2.45) is 0 Å². The monoisotopic (exact) mass is 244 g/mol. The standard InChI is InChI=1S/C13H9ClN2O/c14-10-6-9(8-4-2-1-3-5-8)7-11-12(10)17-13(15)16-11/h1-7H,(H2,15,16). The van der Waals surface area contributed by atoms with Crippen LogP contribution in [0.3, 0.4) is 0 Å². The third-order valence-electron chi connectivity index (χ3n) is 2.57. The SMILES string of the molecule is Nc1nc2cc(-c3ccccc3)cc(Cl)c2o1. The molecule has 84 valence electrons. The van der Waals surface area contributed by atoms with Crippen LogP contribution in [0.4, 0.5) is 6.01 Å². The van der Waals surface area contributed by atoms with Crippen LogP contribution >= 0.6 is 11.6 Å². The first-order chi connectivity index (χ1) is 8.24. The lowest BCUT2D eigenvalue weighted by atomic mass is 10.1. The molecule has 3 nitrogen and oxygen atoms in total. The second-order valence-corrected chi connectivity index (χ2v) is 4.13. The van der Waals surface area contributed by atoms with Crippen LogP contribution in [-0.4, -0.2) is 4.98 Å². The lowest BCUT2D eigenvalue weighted by Crippen LogP contribution is -1.81. The van der Waals surface area contributed by atoms with Crippen molar-refractivity contribution in [3.05, 3.63) is 47.5 Å². The van der Waals surface area contributed by atoms with Crippen molar-refractivity contribution in [2.75, 3.05) is 5.73 Å².